The molecule has 7 heteroatoms. The van der Waals surface area contributed by atoms with Gasteiger partial charge in [0.15, 0.2) is 11.4 Å². The lowest BCUT2D eigenvalue weighted by Crippen LogP contribution is -2.22. The molecule has 0 spiro atoms. The van der Waals surface area contributed by atoms with Crippen molar-refractivity contribution in [2.24, 2.45) is 5.92 Å². The van der Waals surface area contributed by atoms with Gasteiger partial charge in [0.1, 0.15) is 6.29 Å². The molecule has 0 amide bonds. The lowest BCUT2D eigenvalue weighted by atomic mass is 10.0. The molecule has 0 bridgehead atoms. The lowest BCUT2D eigenvalue weighted by Gasteiger charge is -2.30. The number of ether oxygens (including phenoxy) is 1. The Morgan fingerprint density at radius 2 is 1.43 bits per heavy atom. The Balaban J connectivity index is 0.00000201. The number of rotatable bonds is 10. The van der Waals surface area contributed by atoms with Crippen molar-refractivity contribution in [3.8, 4) is 0 Å². The minimum absolute atomic E-state index is 0.132. The molecule has 250 valence electrons. The van der Waals surface area contributed by atoms with Crippen molar-refractivity contribution in [1.82, 2.24) is 0 Å². The Morgan fingerprint density at radius 1 is 0.913 bits per heavy atom. The second kappa shape index (κ2) is 23.8. The summed E-state index contributed by atoms with van der Waals surface area (Å²) in [6, 6.07) is 19.6. The number of hydrogen-bond donors (Lipinski definition) is 0. The molecule has 0 fully saturated rings. The second-order valence-electron chi connectivity index (χ2n) is 10.9. The smallest absolute Gasteiger partial charge is 0.190 e. The number of hydrogen-bond acceptors (Lipinski definition) is 6. The highest BCUT2D eigenvalue weighted by Crippen LogP contribution is 2.35. The number of aldehydes is 2. The van der Waals surface area contributed by atoms with Crippen LogP contribution in [0.5, 0.6) is 0 Å². The van der Waals surface area contributed by atoms with Crippen LogP contribution in [0.2, 0.25) is 5.02 Å². The van der Waals surface area contributed by atoms with Crippen LogP contribution < -0.4 is 4.90 Å². The molecule has 0 saturated heterocycles. The molecule has 0 saturated carbocycles. The summed E-state index contributed by atoms with van der Waals surface area (Å²) < 4.78 is 4.25. The summed E-state index contributed by atoms with van der Waals surface area (Å²) in [5.74, 6) is 0.833. The standard InChI is InChI=1S/C31H30ClNO3S.C4H10.C2H6O.C2H6/c1-5-6-30(27-13-11-24(12-14-27)16-28(20-35)37-23(4)36)33(18-25-7-9-26(19-34)10-8-25)31-17-29(32)21(2)15-22(31)3;1-4(2)3;1-3-2;1-2/h6-17,19-20H,5,18H2,1-4H3;4H,1-3H3;1-2H3;1-2H3/b28-16-,30-6+;;;. The first kappa shape index (κ1) is 42.6. The van der Waals surface area contributed by atoms with E-state index < -0.39 is 0 Å². The van der Waals surface area contributed by atoms with E-state index in [9.17, 15) is 14.4 Å². The lowest BCUT2D eigenvalue weighted by molar-refractivity contribution is -0.109. The Bertz CT molecular complexity index is 1410. The van der Waals surface area contributed by atoms with E-state index in [1.54, 1.807) is 20.3 Å². The van der Waals surface area contributed by atoms with Gasteiger partial charge in [-0.25, -0.2) is 0 Å². The van der Waals surface area contributed by atoms with Crippen LogP contribution in [0, 0.1) is 19.8 Å². The van der Waals surface area contributed by atoms with E-state index in [-0.39, 0.29) is 5.12 Å². The van der Waals surface area contributed by atoms with Gasteiger partial charge >= 0.3 is 0 Å². The zero-order valence-corrected chi connectivity index (χ0v) is 31.0. The average molecular weight is 666 g/mol. The molecule has 0 aliphatic carbocycles. The maximum atomic E-state index is 11.4. The molecule has 0 radical (unpaired) electrons. The van der Waals surface area contributed by atoms with Crippen molar-refractivity contribution >= 4 is 58.5 Å². The van der Waals surface area contributed by atoms with E-state index in [0.29, 0.717) is 28.3 Å². The molecule has 46 heavy (non-hydrogen) atoms. The predicted molar refractivity (Wildman–Crippen MR) is 201 cm³/mol. The van der Waals surface area contributed by atoms with Crippen LogP contribution in [0.25, 0.3) is 11.8 Å². The van der Waals surface area contributed by atoms with E-state index in [0.717, 1.165) is 69.6 Å². The predicted octanol–water partition coefficient (Wildman–Crippen LogP) is 11.0. The summed E-state index contributed by atoms with van der Waals surface area (Å²) in [5.41, 5.74) is 7.67. The molecular formula is C39H52ClNO4S. The van der Waals surface area contributed by atoms with Gasteiger partial charge < -0.3 is 9.64 Å². The molecule has 0 atom stereocenters. The molecule has 0 N–H and O–H groups in total. The SMILES string of the molecule is CC.CC(C)C.CC/C=C(\c1ccc(/C=C(/C=O)SC(C)=O)cc1)N(Cc1ccc(C=O)cc1)c1cc(Cl)c(C)cc1C.COC. The summed E-state index contributed by atoms with van der Waals surface area (Å²) in [6.07, 6.45) is 6.25. The van der Waals surface area contributed by atoms with Crippen molar-refractivity contribution in [3.05, 3.63) is 110 Å². The van der Waals surface area contributed by atoms with Crippen LogP contribution in [0.4, 0.5) is 5.69 Å². The number of aryl methyl sites for hydroxylation is 2. The average Bonchev–Trinajstić information content (AvgIpc) is 3.02. The summed E-state index contributed by atoms with van der Waals surface area (Å²) in [4.78, 5) is 36.5. The fourth-order valence-electron chi connectivity index (χ4n) is 4.04. The fraction of sp³-hybridized carbons (Fsp3) is 0.359. The maximum absolute atomic E-state index is 11.4. The number of carbonyl (C=O) groups is 3. The van der Waals surface area contributed by atoms with E-state index >= 15 is 0 Å². The van der Waals surface area contributed by atoms with Gasteiger partial charge in [0.2, 0.25) is 0 Å². The van der Waals surface area contributed by atoms with E-state index in [1.165, 1.54) is 6.92 Å². The Kier molecular flexibility index (Phi) is 22.0. The minimum atomic E-state index is -0.132. The second-order valence-corrected chi connectivity index (χ2v) is 12.5. The monoisotopic (exact) mass is 665 g/mol. The third kappa shape index (κ3) is 15.7. The van der Waals surface area contributed by atoms with Gasteiger partial charge in [-0.15, -0.1) is 0 Å². The van der Waals surface area contributed by atoms with Gasteiger partial charge in [0.05, 0.1) is 4.91 Å². The van der Waals surface area contributed by atoms with Crippen LogP contribution >= 0.6 is 23.4 Å². The first-order chi connectivity index (χ1) is 21.9. The first-order valence-corrected chi connectivity index (χ1v) is 16.7. The van der Waals surface area contributed by atoms with Crippen molar-refractivity contribution in [2.75, 3.05) is 19.1 Å². The molecule has 5 nitrogen and oxygen atoms in total. The summed E-state index contributed by atoms with van der Waals surface area (Å²) >= 11 is 7.50. The third-order valence-electron chi connectivity index (χ3n) is 5.81. The highest BCUT2D eigenvalue weighted by atomic mass is 35.5. The molecule has 0 heterocycles. The third-order valence-corrected chi connectivity index (χ3v) is 6.95. The van der Waals surface area contributed by atoms with Crippen molar-refractivity contribution in [1.29, 1.82) is 0 Å². The van der Waals surface area contributed by atoms with Crippen molar-refractivity contribution in [2.45, 2.75) is 75.3 Å². The zero-order chi connectivity index (χ0) is 35.2. The maximum Gasteiger partial charge on any atom is 0.190 e. The molecule has 3 aromatic carbocycles. The molecule has 0 unspecified atom stereocenters. The number of allylic oxidation sites excluding steroid dienone is 2. The number of thioether (sulfide) groups is 1. The van der Waals surface area contributed by atoms with Crippen LogP contribution in [0.1, 0.15) is 93.1 Å². The number of halogens is 1. The molecule has 3 rings (SSSR count). The minimum Gasteiger partial charge on any atom is -0.388 e. The van der Waals surface area contributed by atoms with Gasteiger partial charge in [-0.1, -0.05) is 114 Å². The quantitative estimate of drug-likeness (QED) is 0.159. The van der Waals surface area contributed by atoms with E-state index in [2.05, 4.69) is 56.4 Å². The molecule has 0 aliphatic heterocycles. The van der Waals surface area contributed by atoms with E-state index in [4.69, 9.17) is 11.6 Å². The fourth-order valence-corrected chi connectivity index (χ4v) is 4.77. The highest BCUT2D eigenvalue weighted by molar-refractivity contribution is 8.17. The van der Waals surface area contributed by atoms with Gasteiger partial charge in [-0.3, -0.25) is 14.4 Å². The van der Waals surface area contributed by atoms with Crippen LogP contribution in [-0.4, -0.2) is 31.9 Å². The van der Waals surface area contributed by atoms with Gasteiger partial charge in [0, 0.05) is 49.7 Å². The summed E-state index contributed by atoms with van der Waals surface area (Å²) in [5, 5.41) is 0.565. The number of carbonyl (C=O) groups excluding carboxylic acids is 3. The van der Waals surface area contributed by atoms with Crippen molar-refractivity contribution in [3.63, 3.8) is 0 Å². The van der Waals surface area contributed by atoms with E-state index in [1.807, 2.05) is 75.4 Å². The number of methoxy groups -OCH3 is 1. The Morgan fingerprint density at radius 3 is 1.89 bits per heavy atom. The van der Waals surface area contributed by atoms with Crippen LogP contribution in [-0.2, 0) is 20.9 Å². The normalized spacial score (nSPS) is 10.8. The molecular weight excluding hydrogens is 614 g/mol. The summed E-state index contributed by atoms with van der Waals surface area (Å²) in [7, 11) is 3.25. The van der Waals surface area contributed by atoms with Gasteiger partial charge in [-0.2, -0.15) is 0 Å². The zero-order valence-electron chi connectivity index (χ0n) is 29.4. The van der Waals surface area contributed by atoms with Crippen LogP contribution in [0.3, 0.4) is 0 Å². The topological polar surface area (TPSA) is 63.7 Å². The molecule has 0 aromatic heterocycles. The Hall–Kier alpha value is -3.45. The largest absolute Gasteiger partial charge is 0.388 e. The highest BCUT2D eigenvalue weighted by Gasteiger charge is 2.18. The van der Waals surface area contributed by atoms with Crippen LogP contribution in [0.15, 0.2) is 71.6 Å². The number of benzene rings is 3. The van der Waals surface area contributed by atoms with Gasteiger partial charge in [0.25, 0.3) is 0 Å². The summed E-state index contributed by atoms with van der Waals surface area (Å²) in [6.45, 7) is 18.7. The molecule has 0 aliphatic rings. The number of nitrogens with zero attached hydrogens (tertiary/aromatic N) is 1. The number of anilines is 1. The van der Waals surface area contributed by atoms with Crippen molar-refractivity contribution < 1.29 is 19.1 Å². The Labute approximate surface area is 287 Å². The molecule has 3 aromatic rings. The first-order valence-electron chi connectivity index (χ1n) is 15.5. The van der Waals surface area contributed by atoms with Gasteiger partial charge in [-0.05, 0) is 77.9 Å².